The maximum Gasteiger partial charge on any atom is 0.263 e. The van der Waals surface area contributed by atoms with Gasteiger partial charge in [-0.1, -0.05) is 0 Å². The zero-order valence-corrected chi connectivity index (χ0v) is 10.8. The van der Waals surface area contributed by atoms with E-state index < -0.39 is 0 Å². The fraction of sp³-hybridized carbons (Fsp3) is 0.545. The van der Waals surface area contributed by atoms with E-state index in [1.165, 1.54) is 17.8 Å². The number of carbonyl (C=O) groups is 1. The summed E-state index contributed by atoms with van der Waals surface area (Å²) >= 11 is 1.35. The molecule has 0 bridgehead atoms. The van der Waals surface area contributed by atoms with Crippen molar-refractivity contribution in [3.63, 3.8) is 0 Å². The summed E-state index contributed by atoms with van der Waals surface area (Å²) in [5, 5.41) is 6.80. The second-order valence-electron chi connectivity index (χ2n) is 4.06. The first-order valence-electron chi connectivity index (χ1n) is 5.62. The number of hydrogen-bond acceptors (Lipinski definition) is 5. The van der Waals surface area contributed by atoms with Crippen molar-refractivity contribution in [1.82, 2.24) is 5.32 Å². The van der Waals surface area contributed by atoms with E-state index in [9.17, 15) is 4.79 Å². The second-order valence-corrected chi connectivity index (χ2v) is 5.08. The summed E-state index contributed by atoms with van der Waals surface area (Å²) in [5.41, 5.74) is 6.33. The summed E-state index contributed by atoms with van der Waals surface area (Å²) in [5.74, 6) is 0.410. The number of anilines is 2. The molecule has 1 saturated carbocycles. The SMILES string of the molecule is CNC(=O)c1sc(NC2CCC2)c(OC)c1N. The third kappa shape index (κ3) is 2.17. The van der Waals surface area contributed by atoms with Crippen LogP contribution in [-0.2, 0) is 0 Å². The zero-order chi connectivity index (χ0) is 12.4. The lowest BCUT2D eigenvalue weighted by molar-refractivity contribution is 0.0967. The first kappa shape index (κ1) is 12.0. The molecule has 1 amide bonds. The van der Waals surface area contributed by atoms with Gasteiger partial charge in [-0.05, 0) is 19.3 Å². The van der Waals surface area contributed by atoms with Crippen molar-refractivity contribution >= 4 is 27.9 Å². The van der Waals surface area contributed by atoms with Gasteiger partial charge in [0, 0.05) is 13.1 Å². The summed E-state index contributed by atoms with van der Waals surface area (Å²) in [6.07, 6.45) is 3.58. The molecular weight excluding hydrogens is 238 g/mol. The maximum absolute atomic E-state index is 11.6. The van der Waals surface area contributed by atoms with Crippen LogP contribution < -0.4 is 21.1 Å². The van der Waals surface area contributed by atoms with Crippen molar-refractivity contribution in [2.45, 2.75) is 25.3 Å². The van der Waals surface area contributed by atoms with E-state index in [2.05, 4.69) is 10.6 Å². The van der Waals surface area contributed by atoms with Gasteiger partial charge in [-0.25, -0.2) is 0 Å². The van der Waals surface area contributed by atoms with Crippen LogP contribution in [0.4, 0.5) is 10.7 Å². The van der Waals surface area contributed by atoms with Gasteiger partial charge in [-0.3, -0.25) is 4.79 Å². The molecule has 1 aromatic heterocycles. The molecule has 0 aromatic carbocycles. The third-order valence-electron chi connectivity index (χ3n) is 2.98. The standard InChI is InChI=1S/C11H17N3O2S/c1-13-10(15)9-7(12)8(16-2)11(17-9)14-6-4-3-5-6/h6,14H,3-5,12H2,1-2H3,(H,13,15). The topological polar surface area (TPSA) is 76.4 Å². The van der Waals surface area contributed by atoms with Crippen LogP contribution in [0.2, 0.25) is 0 Å². The number of rotatable bonds is 4. The van der Waals surface area contributed by atoms with Crippen LogP contribution in [0.3, 0.4) is 0 Å². The highest BCUT2D eigenvalue weighted by atomic mass is 32.1. The predicted molar refractivity (Wildman–Crippen MR) is 69.9 cm³/mol. The number of carbonyl (C=O) groups excluding carboxylic acids is 1. The molecule has 17 heavy (non-hydrogen) atoms. The first-order valence-corrected chi connectivity index (χ1v) is 6.44. The lowest BCUT2D eigenvalue weighted by atomic mass is 9.93. The van der Waals surface area contributed by atoms with Crippen molar-refractivity contribution in [2.24, 2.45) is 0 Å². The predicted octanol–water partition coefficient (Wildman–Crippen LogP) is 1.66. The molecule has 0 radical (unpaired) electrons. The molecule has 1 fully saturated rings. The summed E-state index contributed by atoms with van der Waals surface area (Å²) in [7, 11) is 3.16. The molecule has 1 aromatic rings. The molecule has 1 aliphatic carbocycles. The van der Waals surface area contributed by atoms with Gasteiger partial charge >= 0.3 is 0 Å². The van der Waals surface area contributed by atoms with Crippen LogP contribution in [0.15, 0.2) is 0 Å². The maximum atomic E-state index is 11.6. The molecule has 1 heterocycles. The van der Waals surface area contributed by atoms with Crippen molar-refractivity contribution in [2.75, 3.05) is 25.2 Å². The number of ether oxygens (including phenoxy) is 1. The fourth-order valence-corrected chi connectivity index (χ4v) is 2.86. The lowest BCUT2D eigenvalue weighted by Crippen LogP contribution is -2.26. The van der Waals surface area contributed by atoms with E-state index >= 15 is 0 Å². The van der Waals surface area contributed by atoms with Gasteiger partial charge in [0.05, 0.1) is 7.11 Å². The monoisotopic (exact) mass is 255 g/mol. The van der Waals surface area contributed by atoms with Crippen LogP contribution in [-0.4, -0.2) is 26.1 Å². The molecular formula is C11H17N3O2S. The highest BCUT2D eigenvalue weighted by molar-refractivity contribution is 7.19. The summed E-state index contributed by atoms with van der Waals surface area (Å²) in [6.45, 7) is 0. The highest BCUT2D eigenvalue weighted by Gasteiger charge is 2.24. The van der Waals surface area contributed by atoms with E-state index in [1.807, 2.05) is 0 Å². The molecule has 5 nitrogen and oxygen atoms in total. The number of nitrogen functional groups attached to an aromatic ring is 1. The van der Waals surface area contributed by atoms with Crippen LogP contribution in [0, 0.1) is 0 Å². The van der Waals surface area contributed by atoms with Crippen molar-refractivity contribution in [3.8, 4) is 5.75 Å². The summed E-state index contributed by atoms with van der Waals surface area (Å²) in [4.78, 5) is 12.1. The van der Waals surface area contributed by atoms with Crippen LogP contribution in [0.25, 0.3) is 0 Å². The number of nitrogens with one attached hydrogen (secondary N) is 2. The molecule has 0 atom stereocenters. The van der Waals surface area contributed by atoms with Crippen molar-refractivity contribution < 1.29 is 9.53 Å². The smallest absolute Gasteiger partial charge is 0.263 e. The number of nitrogens with two attached hydrogens (primary N) is 1. The minimum absolute atomic E-state index is 0.174. The van der Waals surface area contributed by atoms with Gasteiger partial charge in [0.25, 0.3) is 5.91 Å². The molecule has 4 N–H and O–H groups in total. The third-order valence-corrected chi connectivity index (χ3v) is 4.09. The number of thiophene rings is 1. The average Bonchev–Trinajstić information content (AvgIpc) is 2.59. The minimum Gasteiger partial charge on any atom is -0.492 e. The van der Waals surface area contributed by atoms with Gasteiger partial charge in [-0.2, -0.15) is 0 Å². The Bertz CT molecular complexity index is 427. The molecule has 1 aliphatic rings. The van der Waals surface area contributed by atoms with Gasteiger partial charge in [-0.15, -0.1) is 11.3 Å². The Morgan fingerprint density at radius 1 is 1.53 bits per heavy atom. The molecule has 0 unspecified atom stereocenters. The van der Waals surface area contributed by atoms with Crippen LogP contribution in [0.5, 0.6) is 5.75 Å². The molecule has 0 saturated heterocycles. The van der Waals surface area contributed by atoms with Crippen molar-refractivity contribution in [3.05, 3.63) is 4.88 Å². The quantitative estimate of drug-likeness (QED) is 0.765. The van der Waals surface area contributed by atoms with E-state index in [0.717, 1.165) is 17.8 Å². The number of methoxy groups -OCH3 is 1. The minimum atomic E-state index is -0.174. The Balaban J connectivity index is 2.27. The van der Waals surface area contributed by atoms with Crippen molar-refractivity contribution in [1.29, 1.82) is 0 Å². The Hall–Kier alpha value is -1.43. The van der Waals surface area contributed by atoms with E-state index in [-0.39, 0.29) is 5.91 Å². The number of hydrogen-bond donors (Lipinski definition) is 3. The first-order chi connectivity index (χ1) is 8.17. The van der Waals surface area contributed by atoms with E-state index in [4.69, 9.17) is 10.5 Å². The molecule has 6 heteroatoms. The summed E-state index contributed by atoms with van der Waals surface area (Å²) in [6, 6.07) is 0.486. The lowest BCUT2D eigenvalue weighted by Gasteiger charge is -2.26. The summed E-state index contributed by atoms with van der Waals surface area (Å²) < 4.78 is 5.26. The molecule has 0 spiro atoms. The fourth-order valence-electron chi connectivity index (χ4n) is 1.75. The van der Waals surface area contributed by atoms with Gasteiger partial charge in [0.15, 0.2) is 5.75 Å². The Labute approximate surface area is 104 Å². The van der Waals surface area contributed by atoms with Crippen LogP contribution >= 0.6 is 11.3 Å². The zero-order valence-electron chi connectivity index (χ0n) is 10.0. The molecule has 2 rings (SSSR count). The van der Waals surface area contributed by atoms with E-state index in [0.29, 0.717) is 22.4 Å². The van der Waals surface area contributed by atoms with Crippen LogP contribution in [0.1, 0.15) is 28.9 Å². The van der Waals surface area contributed by atoms with Gasteiger partial charge < -0.3 is 21.1 Å². The largest absolute Gasteiger partial charge is 0.492 e. The molecule has 94 valence electrons. The van der Waals surface area contributed by atoms with Gasteiger partial charge in [0.2, 0.25) is 0 Å². The Kier molecular flexibility index (Phi) is 3.42. The Morgan fingerprint density at radius 2 is 2.24 bits per heavy atom. The van der Waals surface area contributed by atoms with E-state index in [1.54, 1.807) is 14.2 Å². The highest BCUT2D eigenvalue weighted by Crippen LogP contribution is 2.43. The Morgan fingerprint density at radius 3 is 2.71 bits per heavy atom. The number of amides is 1. The second kappa shape index (κ2) is 4.83. The molecule has 0 aliphatic heterocycles. The normalized spacial score (nSPS) is 15.2. The van der Waals surface area contributed by atoms with Gasteiger partial charge in [0.1, 0.15) is 15.6 Å². The average molecular weight is 255 g/mol.